The molecule has 0 aliphatic rings. The zero-order valence-electron chi connectivity index (χ0n) is 11.5. The van der Waals surface area contributed by atoms with Crippen LogP contribution in [0, 0.1) is 13.8 Å². The Morgan fingerprint density at radius 3 is 2.56 bits per heavy atom. The van der Waals surface area contributed by atoms with Crippen LogP contribution in [0.15, 0.2) is 12.1 Å². The van der Waals surface area contributed by atoms with E-state index in [2.05, 4.69) is 5.32 Å². The first-order chi connectivity index (χ1) is 8.20. The van der Waals surface area contributed by atoms with Crippen LogP contribution in [0.25, 0.3) is 0 Å². The number of nitrogens with one attached hydrogen (secondary N) is 1. The highest BCUT2D eigenvalue weighted by Crippen LogP contribution is 2.28. The van der Waals surface area contributed by atoms with E-state index in [-0.39, 0.29) is 17.2 Å². The molecule has 0 spiro atoms. The fourth-order valence-electron chi connectivity index (χ4n) is 1.62. The molecule has 0 bridgehead atoms. The lowest BCUT2D eigenvalue weighted by molar-refractivity contribution is -0.116. The number of amides is 1. The van der Waals surface area contributed by atoms with Crippen LogP contribution in [0.2, 0.25) is 0 Å². The van der Waals surface area contributed by atoms with Gasteiger partial charge in [-0.1, -0.05) is 6.07 Å². The minimum absolute atomic E-state index is 0.0834. The second kappa shape index (κ2) is 5.40. The zero-order chi connectivity index (χ0) is 13.9. The Balaban J connectivity index is 2.68. The van der Waals surface area contributed by atoms with Crippen LogP contribution in [0.5, 0.6) is 5.75 Å². The monoisotopic (exact) mass is 250 g/mol. The fourth-order valence-corrected chi connectivity index (χ4v) is 1.62. The van der Waals surface area contributed by atoms with Gasteiger partial charge in [0.2, 0.25) is 5.91 Å². The van der Waals surface area contributed by atoms with Gasteiger partial charge in [0.05, 0.1) is 0 Å². The summed E-state index contributed by atoms with van der Waals surface area (Å²) in [6, 6.07) is 3.58. The highest BCUT2D eigenvalue weighted by atomic mass is 16.3. The normalized spacial score (nSPS) is 11.4. The first kappa shape index (κ1) is 14.5. The average Bonchev–Trinajstić information content (AvgIpc) is 2.26. The smallest absolute Gasteiger partial charge is 0.224 e. The summed E-state index contributed by atoms with van der Waals surface area (Å²) in [6.07, 6.45) is 0.993. The van der Waals surface area contributed by atoms with Gasteiger partial charge in [-0.2, -0.15) is 0 Å². The molecule has 4 nitrogen and oxygen atoms in total. The van der Waals surface area contributed by atoms with Gasteiger partial charge in [0.1, 0.15) is 5.75 Å². The van der Waals surface area contributed by atoms with Crippen molar-refractivity contribution in [2.24, 2.45) is 5.73 Å². The van der Waals surface area contributed by atoms with Gasteiger partial charge < -0.3 is 16.2 Å². The van der Waals surface area contributed by atoms with E-state index in [0.717, 1.165) is 5.56 Å². The van der Waals surface area contributed by atoms with Crippen LogP contribution in [-0.2, 0) is 4.79 Å². The van der Waals surface area contributed by atoms with Crippen LogP contribution in [0.3, 0.4) is 0 Å². The van der Waals surface area contributed by atoms with Gasteiger partial charge in [-0.3, -0.25) is 4.79 Å². The minimum Gasteiger partial charge on any atom is -0.507 e. The van der Waals surface area contributed by atoms with Crippen molar-refractivity contribution in [1.82, 2.24) is 0 Å². The van der Waals surface area contributed by atoms with E-state index in [1.165, 1.54) is 0 Å². The van der Waals surface area contributed by atoms with Crippen molar-refractivity contribution in [3.8, 4) is 5.75 Å². The molecule has 0 atom stereocenters. The Kier molecular flexibility index (Phi) is 4.35. The maximum Gasteiger partial charge on any atom is 0.224 e. The number of aromatic hydroxyl groups is 1. The van der Waals surface area contributed by atoms with E-state index >= 15 is 0 Å². The van der Waals surface area contributed by atoms with E-state index < -0.39 is 0 Å². The van der Waals surface area contributed by atoms with Crippen LogP contribution in [-0.4, -0.2) is 16.6 Å². The standard InChI is InChI=1S/C14H22N2O2/c1-9-5-6-11(10(2)13(9)18)16-12(17)7-8-14(3,4)15/h5-6,18H,7-8,15H2,1-4H3,(H,16,17). The number of rotatable bonds is 4. The number of hydrogen-bond acceptors (Lipinski definition) is 3. The molecule has 4 heteroatoms. The lowest BCUT2D eigenvalue weighted by Gasteiger charge is -2.18. The van der Waals surface area contributed by atoms with E-state index in [1.807, 2.05) is 20.8 Å². The number of nitrogens with two attached hydrogens (primary N) is 1. The van der Waals surface area contributed by atoms with Gasteiger partial charge in [-0.05, 0) is 45.7 Å². The number of carbonyl (C=O) groups excluding carboxylic acids is 1. The van der Waals surface area contributed by atoms with Crippen LogP contribution < -0.4 is 11.1 Å². The summed E-state index contributed by atoms with van der Waals surface area (Å²) in [6.45, 7) is 7.39. The third-order valence-corrected chi connectivity index (χ3v) is 2.90. The van der Waals surface area contributed by atoms with Crippen LogP contribution >= 0.6 is 0 Å². The number of phenols is 1. The highest BCUT2D eigenvalue weighted by Gasteiger charge is 2.14. The second-order valence-corrected chi connectivity index (χ2v) is 5.44. The molecular formula is C14H22N2O2. The van der Waals surface area contributed by atoms with E-state index in [1.54, 1.807) is 19.1 Å². The maximum absolute atomic E-state index is 11.8. The van der Waals surface area contributed by atoms with Gasteiger partial charge >= 0.3 is 0 Å². The Morgan fingerprint density at radius 2 is 2.00 bits per heavy atom. The number of hydrogen-bond donors (Lipinski definition) is 3. The van der Waals surface area contributed by atoms with Crippen molar-refractivity contribution in [2.75, 3.05) is 5.32 Å². The molecule has 0 aromatic heterocycles. The van der Waals surface area contributed by atoms with Crippen molar-refractivity contribution in [3.05, 3.63) is 23.3 Å². The summed E-state index contributed by atoms with van der Waals surface area (Å²) < 4.78 is 0. The van der Waals surface area contributed by atoms with Gasteiger partial charge in [0.25, 0.3) is 0 Å². The summed E-state index contributed by atoms with van der Waals surface area (Å²) in [5.41, 5.74) is 7.63. The Hall–Kier alpha value is -1.55. The lowest BCUT2D eigenvalue weighted by Crippen LogP contribution is -2.33. The molecule has 100 valence electrons. The average molecular weight is 250 g/mol. The molecule has 0 heterocycles. The number of benzene rings is 1. The summed E-state index contributed by atoms with van der Waals surface area (Å²) >= 11 is 0. The number of anilines is 1. The summed E-state index contributed by atoms with van der Waals surface area (Å²) in [5.74, 6) is 0.145. The van der Waals surface area contributed by atoms with Crippen molar-refractivity contribution in [2.45, 2.75) is 46.1 Å². The quantitative estimate of drug-likeness (QED) is 0.768. The van der Waals surface area contributed by atoms with Gasteiger partial charge in [-0.15, -0.1) is 0 Å². The fraction of sp³-hybridized carbons (Fsp3) is 0.500. The van der Waals surface area contributed by atoms with E-state index in [0.29, 0.717) is 24.1 Å². The number of aryl methyl sites for hydroxylation is 1. The topological polar surface area (TPSA) is 75.4 Å². The molecule has 1 rings (SSSR count). The SMILES string of the molecule is Cc1ccc(NC(=O)CCC(C)(C)N)c(C)c1O. The molecule has 0 aliphatic heterocycles. The molecule has 0 radical (unpaired) electrons. The van der Waals surface area contributed by atoms with Crippen LogP contribution in [0.4, 0.5) is 5.69 Å². The third-order valence-electron chi connectivity index (χ3n) is 2.90. The molecule has 1 aromatic carbocycles. The molecule has 0 unspecified atom stereocenters. The predicted molar refractivity (Wildman–Crippen MR) is 73.7 cm³/mol. The van der Waals surface area contributed by atoms with Crippen molar-refractivity contribution in [1.29, 1.82) is 0 Å². The van der Waals surface area contributed by atoms with Crippen molar-refractivity contribution in [3.63, 3.8) is 0 Å². The molecule has 18 heavy (non-hydrogen) atoms. The van der Waals surface area contributed by atoms with Gasteiger partial charge in [0, 0.05) is 23.2 Å². The molecule has 1 amide bonds. The van der Waals surface area contributed by atoms with Gasteiger partial charge in [0.15, 0.2) is 0 Å². The number of carbonyl (C=O) groups is 1. The first-order valence-electron chi connectivity index (χ1n) is 6.08. The highest BCUT2D eigenvalue weighted by molar-refractivity contribution is 5.92. The van der Waals surface area contributed by atoms with Crippen molar-refractivity contribution < 1.29 is 9.90 Å². The van der Waals surface area contributed by atoms with E-state index in [9.17, 15) is 9.90 Å². The van der Waals surface area contributed by atoms with Gasteiger partial charge in [-0.25, -0.2) is 0 Å². The second-order valence-electron chi connectivity index (χ2n) is 5.44. The third kappa shape index (κ3) is 4.04. The molecule has 0 aliphatic carbocycles. The molecule has 0 saturated carbocycles. The lowest BCUT2D eigenvalue weighted by atomic mass is 10.00. The predicted octanol–water partition coefficient (Wildman–Crippen LogP) is 2.47. The molecular weight excluding hydrogens is 228 g/mol. The molecule has 0 fully saturated rings. The molecule has 4 N–H and O–H groups in total. The maximum atomic E-state index is 11.8. The summed E-state index contributed by atoms with van der Waals surface area (Å²) in [5, 5.41) is 12.6. The summed E-state index contributed by atoms with van der Waals surface area (Å²) in [4.78, 5) is 11.8. The van der Waals surface area contributed by atoms with Crippen molar-refractivity contribution >= 4 is 11.6 Å². The Bertz CT molecular complexity index is 448. The minimum atomic E-state index is -0.345. The number of phenolic OH excluding ortho intramolecular Hbond substituents is 1. The zero-order valence-corrected chi connectivity index (χ0v) is 11.5. The molecule has 1 aromatic rings. The van der Waals surface area contributed by atoms with Crippen LogP contribution in [0.1, 0.15) is 37.8 Å². The Morgan fingerprint density at radius 1 is 1.39 bits per heavy atom. The Labute approximate surface area is 108 Å². The summed E-state index contributed by atoms with van der Waals surface area (Å²) in [7, 11) is 0. The largest absolute Gasteiger partial charge is 0.507 e. The first-order valence-corrected chi connectivity index (χ1v) is 6.08. The van der Waals surface area contributed by atoms with E-state index in [4.69, 9.17) is 5.73 Å². The molecule has 0 saturated heterocycles.